The van der Waals surface area contributed by atoms with Crippen LogP contribution >= 0.6 is 0 Å². The molecule has 6 heteroatoms. The third-order valence-corrected chi connectivity index (χ3v) is 5.00. The zero-order chi connectivity index (χ0) is 15.5. The van der Waals surface area contributed by atoms with Crippen molar-refractivity contribution in [3.05, 3.63) is 0 Å². The molecule has 3 amide bonds. The van der Waals surface area contributed by atoms with Crippen molar-refractivity contribution in [3.63, 3.8) is 0 Å². The van der Waals surface area contributed by atoms with Gasteiger partial charge < -0.3 is 19.9 Å². The van der Waals surface area contributed by atoms with Gasteiger partial charge in [0.05, 0.1) is 12.6 Å². The number of hydrogen-bond acceptors (Lipinski definition) is 3. The van der Waals surface area contributed by atoms with Crippen LogP contribution in [0.15, 0.2) is 0 Å². The monoisotopic (exact) mass is 309 g/mol. The van der Waals surface area contributed by atoms with E-state index in [2.05, 4.69) is 5.32 Å². The lowest BCUT2D eigenvalue weighted by atomic mass is 10.1. The van der Waals surface area contributed by atoms with Gasteiger partial charge in [-0.1, -0.05) is 0 Å². The molecule has 0 aromatic rings. The lowest BCUT2D eigenvalue weighted by Gasteiger charge is -2.30. The minimum absolute atomic E-state index is 0.0219. The molecule has 124 valence electrons. The molecule has 6 nitrogen and oxygen atoms in total. The third-order valence-electron chi connectivity index (χ3n) is 5.00. The van der Waals surface area contributed by atoms with E-state index in [1.165, 1.54) is 0 Å². The second-order valence-corrected chi connectivity index (χ2v) is 6.81. The van der Waals surface area contributed by atoms with Crippen LogP contribution < -0.4 is 5.32 Å². The van der Waals surface area contributed by atoms with Gasteiger partial charge in [-0.25, -0.2) is 4.79 Å². The van der Waals surface area contributed by atoms with Crippen LogP contribution in [0, 0.1) is 5.92 Å². The molecule has 3 aliphatic rings. The molecule has 22 heavy (non-hydrogen) atoms. The molecule has 0 spiro atoms. The zero-order valence-corrected chi connectivity index (χ0v) is 13.4. The summed E-state index contributed by atoms with van der Waals surface area (Å²) in [5.41, 5.74) is 0. The van der Waals surface area contributed by atoms with Crippen LogP contribution in [-0.2, 0) is 9.53 Å². The molecule has 0 unspecified atom stereocenters. The summed E-state index contributed by atoms with van der Waals surface area (Å²) < 4.78 is 5.34. The van der Waals surface area contributed by atoms with E-state index in [-0.39, 0.29) is 18.0 Å². The van der Waals surface area contributed by atoms with Gasteiger partial charge in [0.2, 0.25) is 5.91 Å². The molecule has 0 aromatic heterocycles. The highest BCUT2D eigenvalue weighted by Gasteiger charge is 2.36. The Hall–Kier alpha value is -1.30. The number of nitrogens with one attached hydrogen (secondary N) is 1. The van der Waals surface area contributed by atoms with E-state index in [1.807, 2.05) is 9.80 Å². The van der Waals surface area contributed by atoms with Crippen LogP contribution in [0.4, 0.5) is 4.79 Å². The standard InChI is InChI=1S/C16H27N3O3/c1-12(20)19(14-4-5-14)10-15-3-2-7-18(15)16(21)17-9-13-6-8-22-11-13/h13-15H,2-11H2,1H3,(H,17,21)/t13-,15+/m1/s1. The number of urea groups is 1. The van der Waals surface area contributed by atoms with Crippen LogP contribution in [0.25, 0.3) is 0 Å². The van der Waals surface area contributed by atoms with Crippen LogP contribution in [-0.4, -0.2) is 66.7 Å². The fourth-order valence-corrected chi connectivity index (χ4v) is 3.52. The lowest BCUT2D eigenvalue weighted by molar-refractivity contribution is -0.130. The van der Waals surface area contributed by atoms with Crippen LogP contribution in [0.1, 0.15) is 39.0 Å². The number of hydrogen-bond donors (Lipinski definition) is 1. The number of likely N-dealkylation sites (tertiary alicyclic amines) is 1. The summed E-state index contributed by atoms with van der Waals surface area (Å²) >= 11 is 0. The second kappa shape index (κ2) is 6.86. The Morgan fingerprint density at radius 1 is 1.27 bits per heavy atom. The van der Waals surface area contributed by atoms with Crippen molar-refractivity contribution in [2.75, 3.05) is 32.8 Å². The molecule has 1 N–H and O–H groups in total. The number of amides is 3. The minimum Gasteiger partial charge on any atom is -0.381 e. The molecular weight excluding hydrogens is 282 g/mol. The summed E-state index contributed by atoms with van der Waals surface area (Å²) in [6.45, 7) is 5.39. The molecule has 2 saturated heterocycles. The average molecular weight is 309 g/mol. The van der Waals surface area contributed by atoms with Crippen molar-refractivity contribution in [1.29, 1.82) is 0 Å². The Morgan fingerprint density at radius 2 is 2.09 bits per heavy atom. The van der Waals surface area contributed by atoms with E-state index in [1.54, 1.807) is 6.92 Å². The summed E-state index contributed by atoms with van der Waals surface area (Å²) in [5, 5.41) is 3.05. The van der Waals surface area contributed by atoms with E-state index in [9.17, 15) is 9.59 Å². The Morgan fingerprint density at radius 3 is 2.73 bits per heavy atom. The van der Waals surface area contributed by atoms with Gasteiger partial charge in [-0.3, -0.25) is 4.79 Å². The number of ether oxygens (including phenoxy) is 1. The van der Waals surface area contributed by atoms with Gasteiger partial charge in [0.25, 0.3) is 0 Å². The normalized spacial score (nSPS) is 28.0. The molecule has 2 aliphatic heterocycles. The predicted molar refractivity (Wildman–Crippen MR) is 82.5 cm³/mol. The predicted octanol–water partition coefficient (Wildman–Crippen LogP) is 1.21. The molecule has 0 radical (unpaired) electrons. The topological polar surface area (TPSA) is 61.9 Å². The number of carbonyl (C=O) groups is 2. The maximum absolute atomic E-state index is 12.4. The van der Waals surface area contributed by atoms with Gasteiger partial charge in [0, 0.05) is 45.1 Å². The van der Waals surface area contributed by atoms with Crippen LogP contribution in [0.3, 0.4) is 0 Å². The van der Waals surface area contributed by atoms with E-state index in [0.29, 0.717) is 25.0 Å². The highest BCUT2D eigenvalue weighted by atomic mass is 16.5. The number of carbonyl (C=O) groups excluding carboxylic acids is 2. The summed E-state index contributed by atoms with van der Waals surface area (Å²) in [6, 6.07) is 0.608. The summed E-state index contributed by atoms with van der Waals surface area (Å²) in [7, 11) is 0. The van der Waals surface area contributed by atoms with Gasteiger partial charge >= 0.3 is 6.03 Å². The van der Waals surface area contributed by atoms with Gasteiger partial charge in [0.1, 0.15) is 0 Å². The quantitative estimate of drug-likeness (QED) is 0.830. The van der Waals surface area contributed by atoms with E-state index in [0.717, 1.165) is 51.9 Å². The fraction of sp³-hybridized carbons (Fsp3) is 0.875. The molecule has 0 bridgehead atoms. The molecule has 1 aliphatic carbocycles. The fourth-order valence-electron chi connectivity index (χ4n) is 3.52. The van der Waals surface area contributed by atoms with Crippen molar-refractivity contribution in [3.8, 4) is 0 Å². The largest absolute Gasteiger partial charge is 0.381 e. The van der Waals surface area contributed by atoms with E-state index < -0.39 is 0 Å². The van der Waals surface area contributed by atoms with Crippen molar-refractivity contribution < 1.29 is 14.3 Å². The molecule has 2 atom stereocenters. The van der Waals surface area contributed by atoms with E-state index in [4.69, 9.17) is 4.74 Å². The average Bonchev–Trinajstić information content (AvgIpc) is 3.02. The molecule has 1 saturated carbocycles. The van der Waals surface area contributed by atoms with Crippen molar-refractivity contribution >= 4 is 11.9 Å². The van der Waals surface area contributed by atoms with Crippen LogP contribution in [0.2, 0.25) is 0 Å². The van der Waals surface area contributed by atoms with Gasteiger partial charge in [0.15, 0.2) is 0 Å². The molecule has 3 rings (SSSR count). The zero-order valence-electron chi connectivity index (χ0n) is 13.4. The third kappa shape index (κ3) is 3.72. The minimum atomic E-state index is 0.0219. The SMILES string of the molecule is CC(=O)N(C[C@@H]1CCCN1C(=O)NC[C@H]1CCOC1)C1CC1. The molecule has 3 fully saturated rings. The van der Waals surface area contributed by atoms with Gasteiger partial charge in [-0.15, -0.1) is 0 Å². The van der Waals surface area contributed by atoms with Crippen molar-refractivity contribution in [2.24, 2.45) is 5.92 Å². The first-order chi connectivity index (χ1) is 10.6. The first kappa shape index (κ1) is 15.6. The Kier molecular flexibility index (Phi) is 4.86. The van der Waals surface area contributed by atoms with Crippen molar-refractivity contribution in [1.82, 2.24) is 15.1 Å². The summed E-state index contributed by atoms with van der Waals surface area (Å²) in [4.78, 5) is 28.1. The highest BCUT2D eigenvalue weighted by molar-refractivity contribution is 5.76. The van der Waals surface area contributed by atoms with E-state index >= 15 is 0 Å². The maximum Gasteiger partial charge on any atom is 0.317 e. The highest BCUT2D eigenvalue weighted by Crippen LogP contribution is 2.29. The van der Waals surface area contributed by atoms with Crippen LogP contribution in [0.5, 0.6) is 0 Å². The molecular formula is C16H27N3O3. The second-order valence-electron chi connectivity index (χ2n) is 6.81. The number of nitrogens with zero attached hydrogens (tertiary/aromatic N) is 2. The van der Waals surface area contributed by atoms with Crippen molar-refractivity contribution in [2.45, 2.75) is 51.1 Å². The smallest absolute Gasteiger partial charge is 0.317 e. The Bertz CT molecular complexity index is 419. The maximum atomic E-state index is 12.4. The summed E-state index contributed by atoms with van der Waals surface area (Å²) in [6.07, 6.45) is 5.28. The Labute approximate surface area is 132 Å². The Balaban J connectivity index is 1.50. The molecule has 2 heterocycles. The summed E-state index contributed by atoms with van der Waals surface area (Å²) in [5.74, 6) is 0.586. The first-order valence-corrected chi connectivity index (χ1v) is 8.54. The van der Waals surface area contributed by atoms with Gasteiger partial charge in [-0.05, 0) is 32.1 Å². The lowest BCUT2D eigenvalue weighted by Crippen LogP contribution is -2.49. The molecule has 0 aromatic carbocycles. The first-order valence-electron chi connectivity index (χ1n) is 8.54. The number of rotatable bonds is 5. The van der Waals surface area contributed by atoms with Gasteiger partial charge in [-0.2, -0.15) is 0 Å².